The van der Waals surface area contributed by atoms with Gasteiger partial charge in [0.05, 0.1) is 12.7 Å². The Morgan fingerprint density at radius 2 is 2.14 bits per heavy atom. The summed E-state index contributed by atoms with van der Waals surface area (Å²) >= 11 is 0. The summed E-state index contributed by atoms with van der Waals surface area (Å²) in [5.74, 6) is 1.28. The van der Waals surface area contributed by atoms with Crippen LogP contribution in [0.15, 0.2) is 24.3 Å². The van der Waals surface area contributed by atoms with Crippen LogP contribution in [0.4, 0.5) is 0 Å². The Hall–Kier alpha value is -1.02. The number of para-hydroxylation sites is 1. The molecule has 2 nitrogen and oxygen atoms in total. The lowest BCUT2D eigenvalue weighted by molar-refractivity contribution is 0.148. The van der Waals surface area contributed by atoms with E-state index in [1.54, 1.807) is 0 Å². The van der Waals surface area contributed by atoms with Gasteiger partial charge in [-0.05, 0) is 31.7 Å². The first-order valence-electron chi connectivity index (χ1n) is 5.22. The first-order valence-corrected chi connectivity index (χ1v) is 5.22. The lowest BCUT2D eigenvalue weighted by Gasteiger charge is -2.14. The largest absolute Gasteiger partial charge is 0.493 e. The fourth-order valence-corrected chi connectivity index (χ4v) is 1.68. The molecule has 2 heteroatoms. The Balaban J connectivity index is 2.20. The van der Waals surface area contributed by atoms with Gasteiger partial charge in [-0.2, -0.15) is 0 Å². The van der Waals surface area contributed by atoms with Crippen molar-refractivity contribution in [1.29, 1.82) is 0 Å². The molecule has 0 saturated heterocycles. The van der Waals surface area contributed by atoms with Crippen LogP contribution in [0.5, 0.6) is 5.75 Å². The van der Waals surface area contributed by atoms with E-state index in [1.165, 1.54) is 0 Å². The second-order valence-corrected chi connectivity index (χ2v) is 3.75. The van der Waals surface area contributed by atoms with Crippen molar-refractivity contribution >= 4 is 0 Å². The summed E-state index contributed by atoms with van der Waals surface area (Å²) in [6, 6.07) is 7.76. The van der Waals surface area contributed by atoms with E-state index in [-0.39, 0.29) is 6.10 Å². The highest BCUT2D eigenvalue weighted by Gasteiger charge is 2.32. The molecular formula is C12H16O2. The Morgan fingerprint density at radius 3 is 2.79 bits per heavy atom. The zero-order valence-corrected chi connectivity index (χ0v) is 8.44. The molecule has 1 saturated carbocycles. The molecule has 1 unspecified atom stereocenters. The van der Waals surface area contributed by atoms with Crippen LogP contribution < -0.4 is 4.74 Å². The Kier molecular flexibility index (Phi) is 2.73. The molecule has 1 fully saturated rings. The first kappa shape index (κ1) is 9.53. The lowest BCUT2D eigenvalue weighted by atomic mass is 10.0. The molecule has 0 aromatic heterocycles. The zero-order chi connectivity index (χ0) is 9.97. The predicted molar refractivity (Wildman–Crippen MR) is 55.3 cm³/mol. The van der Waals surface area contributed by atoms with Crippen LogP contribution in [0.25, 0.3) is 0 Å². The maximum absolute atomic E-state index is 9.99. The molecule has 1 aromatic rings. The van der Waals surface area contributed by atoms with Gasteiger partial charge in [-0.15, -0.1) is 0 Å². The molecule has 1 N–H and O–H groups in total. The molecule has 0 aliphatic heterocycles. The number of ether oxygens (including phenoxy) is 1. The summed E-state index contributed by atoms with van der Waals surface area (Å²) in [5, 5.41) is 9.99. The Labute approximate surface area is 84.5 Å². The number of rotatable bonds is 4. The maximum atomic E-state index is 9.99. The van der Waals surface area contributed by atoms with Gasteiger partial charge in [0.2, 0.25) is 0 Å². The standard InChI is InChI=1S/C12H16O2/c1-2-14-11-6-4-3-5-10(11)12(13)9-7-8-9/h3-6,9,12-13H,2,7-8H2,1H3. The number of aliphatic hydroxyl groups is 1. The van der Waals surface area contributed by atoms with E-state index in [2.05, 4.69) is 0 Å². The molecular weight excluding hydrogens is 176 g/mol. The molecule has 0 spiro atoms. The van der Waals surface area contributed by atoms with Crippen LogP contribution in [0.3, 0.4) is 0 Å². The van der Waals surface area contributed by atoms with Crippen LogP contribution in [-0.4, -0.2) is 11.7 Å². The molecule has 2 rings (SSSR count). The van der Waals surface area contributed by atoms with Crippen LogP contribution in [0.1, 0.15) is 31.4 Å². The van der Waals surface area contributed by atoms with Crippen LogP contribution in [0.2, 0.25) is 0 Å². The van der Waals surface area contributed by atoms with E-state index in [1.807, 2.05) is 31.2 Å². The summed E-state index contributed by atoms with van der Waals surface area (Å²) in [4.78, 5) is 0. The van der Waals surface area contributed by atoms with Gasteiger partial charge in [0, 0.05) is 5.56 Å². The summed E-state index contributed by atoms with van der Waals surface area (Å²) < 4.78 is 5.48. The molecule has 0 heterocycles. The third-order valence-electron chi connectivity index (χ3n) is 2.61. The van der Waals surface area contributed by atoms with E-state index in [4.69, 9.17) is 4.74 Å². The fraction of sp³-hybridized carbons (Fsp3) is 0.500. The van der Waals surface area contributed by atoms with E-state index < -0.39 is 0 Å². The summed E-state index contributed by atoms with van der Waals surface area (Å²) in [6.07, 6.45) is 1.95. The Bertz CT molecular complexity index is 305. The second kappa shape index (κ2) is 4.01. The van der Waals surface area contributed by atoms with Crippen molar-refractivity contribution in [2.24, 2.45) is 5.92 Å². The van der Waals surface area contributed by atoms with Gasteiger partial charge in [-0.25, -0.2) is 0 Å². The maximum Gasteiger partial charge on any atom is 0.125 e. The van der Waals surface area contributed by atoms with Crippen molar-refractivity contribution in [3.63, 3.8) is 0 Å². The molecule has 1 aliphatic carbocycles. The first-order chi connectivity index (χ1) is 6.83. The molecule has 1 aromatic carbocycles. The average Bonchev–Trinajstić information content (AvgIpc) is 3.01. The number of benzene rings is 1. The Morgan fingerprint density at radius 1 is 1.43 bits per heavy atom. The third-order valence-corrected chi connectivity index (χ3v) is 2.61. The minimum Gasteiger partial charge on any atom is -0.493 e. The van der Waals surface area contributed by atoms with Crippen LogP contribution in [0, 0.1) is 5.92 Å². The SMILES string of the molecule is CCOc1ccccc1C(O)C1CC1. The van der Waals surface area contributed by atoms with Crippen molar-refractivity contribution in [2.75, 3.05) is 6.61 Å². The van der Waals surface area contributed by atoms with E-state index in [0.29, 0.717) is 12.5 Å². The molecule has 14 heavy (non-hydrogen) atoms. The van der Waals surface area contributed by atoms with Crippen LogP contribution >= 0.6 is 0 Å². The molecule has 0 amide bonds. The molecule has 0 radical (unpaired) electrons. The van der Waals surface area contributed by atoms with Crippen molar-refractivity contribution in [3.8, 4) is 5.75 Å². The van der Waals surface area contributed by atoms with Gasteiger partial charge in [0.1, 0.15) is 5.75 Å². The lowest BCUT2D eigenvalue weighted by Crippen LogP contribution is -2.03. The predicted octanol–water partition coefficient (Wildman–Crippen LogP) is 2.53. The average molecular weight is 192 g/mol. The third kappa shape index (κ3) is 1.90. The highest BCUT2D eigenvalue weighted by atomic mass is 16.5. The van der Waals surface area contributed by atoms with Crippen molar-refractivity contribution < 1.29 is 9.84 Å². The van der Waals surface area contributed by atoms with Gasteiger partial charge in [0.15, 0.2) is 0 Å². The minimum absolute atomic E-state index is 0.335. The van der Waals surface area contributed by atoms with E-state index in [0.717, 1.165) is 24.2 Å². The smallest absolute Gasteiger partial charge is 0.125 e. The number of aliphatic hydroxyl groups excluding tert-OH is 1. The van der Waals surface area contributed by atoms with Crippen molar-refractivity contribution in [3.05, 3.63) is 29.8 Å². The van der Waals surface area contributed by atoms with Crippen molar-refractivity contribution in [2.45, 2.75) is 25.9 Å². The highest BCUT2D eigenvalue weighted by Crippen LogP contribution is 2.43. The van der Waals surface area contributed by atoms with Crippen LogP contribution in [-0.2, 0) is 0 Å². The number of hydrogen-bond donors (Lipinski definition) is 1. The fourth-order valence-electron chi connectivity index (χ4n) is 1.68. The minimum atomic E-state index is -0.335. The highest BCUT2D eigenvalue weighted by molar-refractivity contribution is 5.35. The van der Waals surface area contributed by atoms with Gasteiger partial charge in [-0.1, -0.05) is 18.2 Å². The van der Waals surface area contributed by atoms with Gasteiger partial charge in [-0.3, -0.25) is 0 Å². The van der Waals surface area contributed by atoms with E-state index >= 15 is 0 Å². The summed E-state index contributed by atoms with van der Waals surface area (Å²) in [5.41, 5.74) is 0.942. The normalized spacial score (nSPS) is 17.9. The van der Waals surface area contributed by atoms with Gasteiger partial charge < -0.3 is 9.84 Å². The quantitative estimate of drug-likeness (QED) is 0.794. The zero-order valence-electron chi connectivity index (χ0n) is 8.44. The second-order valence-electron chi connectivity index (χ2n) is 3.75. The molecule has 1 aliphatic rings. The summed E-state index contributed by atoms with van der Waals surface area (Å²) in [7, 11) is 0. The summed E-state index contributed by atoms with van der Waals surface area (Å²) in [6.45, 7) is 2.61. The monoisotopic (exact) mass is 192 g/mol. The molecule has 76 valence electrons. The number of hydrogen-bond acceptors (Lipinski definition) is 2. The van der Waals surface area contributed by atoms with Crippen molar-refractivity contribution in [1.82, 2.24) is 0 Å². The molecule has 1 atom stereocenters. The topological polar surface area (TPSA) is 29.5 Å². The van der Waals surface area contributed by atoms with Gasteiger partial charge >= 0.3 is 0 Å². The molecule has 0 bridgehead atoms. The van der Waals surface area contributed by atoms with Gasteiger partial charge in [0.25, 0.3) is 0 Å². The van der Waals surface area contributed by atoms with E-state index in [9.17, 15) is 5.11 Å².